The maximum atomic E-state index is 12.2. The molecule has 0 aliphatic heterocycles. The quantitative estimate of drug-likeness (QED) is 0.559. The second kappa shape index (κ2) is 9.07. The van der Waals surface area contributed by atoms with Gasteiger partial charge >= 0.3 is 11.8 Å². The Labute approximate surface area is 168 Å². The van der Waals surface area contributed by atoms with Crippen molar-refractivity contribution in [3.05, 3.63) is 66.2 Å². The van der Waals surface area contributed by atoms with E-state index in [2.05, 4.69) is 10.6 Å². The van der Waals surface area contributed by atoms with Crippen LogP contribution in [-0.2, 0) is 9.59 Å². The number of nitrogens with one attached hydrogen (secondary N) is 2. The summed E-state index contributed by atoms with van der Waals surface area (Å²) in [6.45, 7) is -0.0911. The zero-order chi connectivity index (χ0) is 20.8. The van der Waals surface area contributed by atoms with Crippen LogP contribution in [0.3, 0.4) is 0 Å². The molecule has 150 valence electrons. The van der Waals surface area contributed by atoms with Crippen LogP contribution in [0.2, 0.25) is 0 Å². The number of methoxy groups -OCH3 is 2. The Balaban J connectivity index is 1.62. The summed E-state index contributed by atoms with van der Waals surface area (Å²) in [4.78, 5) is 24.3. The van der Waals surface area contributed by atoms with Crippen LogP contribution in [-0.4, -0.2) is 37.7 Å². The fourth-order valence-electron chi connectivity index (χ4n) is 3.02. The molecule has 7 nitrogen and oxygen atoms in total. The van der Waals surface area contributed by atoms with Crippen molar-refractivity contribution in [2.45, 2.75) is 6.10 Å². The van der Waals surface area contributed by atoms with Gasteiger partial charge < -0.3 is 25.2 Å². The van der Waals surface area contributed by atoms with Crippen molar-refractivity contribution in [1.82, 2.24) is 5.32 Å². The first-order valence-corrected chi connectivity index (χ1v) is 9.00. The third kappa shape index (κ3) is 4.64. The molecule has 0 aliphatic rings. The second-order valence-corrected chi connectivity index (χ2v) is 6.32. The number of hydrogen-bond donors (Lipinski definition) is 3. The van der Waals surface area contributed by atoms with Gasteiger partial charge in [0.2, 0.25) is 0 Å². The van der Waals surface area contributed by atoms with E-state index >= 15 is 0 Å². The fraction of sp³-hybridized carbons (Fsp3) is 0.182. The summed E-state index contributed by atoms with van der Waals surface area (Å²) in [6.07, 6.45) is -0.945. The van der Waals surface area contributed by atoms with Crippen LogP contribution in [0.5, 0.6) is 11.5 Å². The smallest absolute Gasteiger partial charge is 0.313 e. The number of amides is 2. The van der Waals surface area contributed by atoms with Gasteiger partial charge in [-0.2, -0.15) is 0 Å². The normalized spacial score (nSPS) is 11.6. The summed E-state index contributed by atoms with van der Waals surface area (Å²) in [5, 5.41) is 17.3. The van der Waals surface area contributed by atoms with Crippen molar-refractivity contribution >= 4 is 28.3 Å². The van der Waals surface area contributed by atoms with Gasteiger partial charge in [0.05, 0.1) is 20.3 Å². The van der Waals surface area contributed by atoms with Crippen molar-refractivity contribution < 1.29 is 24.2 Å². The first-order chi connectivity index (χ1) is 14.0. The largest absolute Gasteiger partial charge is 0.493 e. The van der Waals surface area contributed by atoms with E-state index in [9.17, 15) is 14.7 Å². The number of carbonyl (C=O) groups excluding carboxylic acids is 2. The lowest BCUT2D eigenvalue weighted by molar-refractivity contribution is -0.136. The first-order valence-electron chi connectivity index (χ1n) is 9.00. The molecule has 3 aromatic carbocycles. The Hall–Kier alpha value is -3.58. The van der Waals surface area contributed by atoms with Crippen molar-refractivity contribution in [3.8, 4) is 11.5 Å². The molecule has 3 rings (SSSR count). The topological polar surface area (TPSA) is 96.9 Å². The Morgan fingerprint density at radius 2 is 1.66 bits per heavy atom. The van der Waals surface area contributed by atoms with Gasteiger partial charge in [0.1, 0.15) is 0 Å². The molecule has 0 saturated heterocycles. The number of hydrogen-bond acceptors (Lipinski definition) is 5. The van der Waals surface area contributed by atoms with Crippen LogP contribution < -0.4 is 20.1 Å². The van der Waals surface area contributed by atoms with E-state index < -0.39 is 17.9 Å². The number of ether oxygens (including phenoxy) is 2. The van der Waals surface area contributed by atoms with Crippen LogP contribution in [0.1, 0.15) is 11.7 Å². The molecule has 3 N–H and O–H groups in total. The van der Waals surface area contributed by atoms with Crippen LogP contribution in [0.4, 0.5) is 5.69 Å². The lowest BCUT2D eigenvalue weighted by Crippen LogP contribution is -2.37. The lowest BCUT2D eigenvalue weighted by Gasteiger charge is -2.15. The van der Waals surface area contributed by atoms with Gasteiger partial charge in [-0.25, -0.2) is 0 Å². The van der Waals surface area contributed by atoms with E-state index in [1.54, 1.807) is 24.3 Å². The van der Waals surface area contributed by atoms with E-state index in [4.69, 9.17) is 9.47 Å². The Morgan fingerprint density at radius 3 is 2.41 bits per heavy atom. The average Bonchev–Trinajstić information content (AvgIpc) is 2.76. The maximum Gasteiger partial charge on any atom is 0.313 e. The van der Waals surface area contributed by atoms with Crippen LogP contribution >= 0.6 is 0 Å². The molecular weight excluding hydrogens is 372 g/mol. The molecule has 0 radical (unpaired) electrons. The number of anilines is 1. The Morgan fingerprint density at radius 1 is 0.931 bits per heavy atom. The third-order valence-corrected chi connectivity index (χ3v) is 4.49. The molecule has 0 bridgehead atoms. The van der Waals surface area contributed by atoms with Crippen LogP contribution in [0.25, 0.3) is 10.8 Å². The van der Waals surface area contributed by atoms with Crippen molar-refractivity contribution in [2.75, 3.05) is 26.1 Å². The molecule has 0 heterocycles. The summed E-state index contributed by atoms with van der Waals surface area (Å²) >= 11 is 0. The van der Waals surface area contributed by atoms with Gasteiger partial charge in [-0.15, -0.1) is 0 Å². The summed E-state index contributed by atoms with van der Waals surface area (Å²) < 4.78 is 10.3. The summed E-state index contributed by atoms with van der Waals surface area (Å²) in [6, 6.07) is 18.0. The van der Waals surface area contributed by atoms with Gasteiger partial charge in [0.15, 0.2) is 11.5 Å². The highest BCUT2D eigenvalue weighted by Crippen LogP contribution is 2.29. The summed E-state index contributed by atoms with van der Waals surface area (Å²) in [5.74, 6) is -0.758. The van der Waals surface area contributed by atoms with E-state index in [0.717, 1.165) is 10.8 Å². The van der Waals surface area contributed by atoms with Gasteiger partial charge in [-0.3, -0.25) is 9.59 Å². The molecule has 0 aliphatic carbocycles. The standard InChI is InChI=1S/C22H22N2O5/c1-28-19-11-10-15(12-20(19)29-2)24-22(27)21(26)23-13-18(25)17-9-5-7-14-6-3-4-8-16(14)17/h3-12,18,25H,13H2,1-2H3,(H,23,26)(H,24,27). The Kier molecular flexibility index (Phi) is 6.31. The number of benzene rings is 3. The second-order valence-electron chi connectivity index (χ2n) is 6.32. The highest BCUT2D eigenvalue weighted by atomic mass is 16.5. The fourth-order valence-corrected chi connectivity index (χ4v) is 3.02. The molecule has 1 atom stereocenters. The molecule has 0 aromatic heterocycles. The van der Waals surface area contributed by atoms with E-state index in [0.29, 0.717) is 22.7 Å². The molecule has 3 aromatic rings. The van der Waals surface area contributed by atoms with Crippen LogP contribution in [0.15, 0.2) is 60.7 Å². The summed E-state index contributed by atoms with van der Waals surface area (Å²) in [5.41, 5.74) is 1.07. The molecule has 0 saturated carbocycles. The first kappa shape index (κ1) is 20.2. The number of fused-ring (bicyclic) bond motifs is 1. The van der Waals surface area contributed by atoms with Crippen molar-refractivity contribution in [1.29, 1.82) is 0 Å². The van der Waals surface area contributed by atoms with Gasteiger partial charge in [0.25, 0.3) is 0 Å². The zero-order valence-electron chi connectivity index (χ0n) is 16.1. The maximum absolute atomic E-state index is 12.2. The van der Waals surface area contributed by atoms with E-state index in [-0.39, 0.29) is 6.54 Å². The van der Waals surface area contributed by atoms with Gasteiger partial charge in [-0.1, -0.05) is 42.5 Å². The predicted molar refractivity (Wildman–Crippen MR) is 110 cm³/mol. The highest BCUT2D eigenvalue weighted by molar-refractivity contribution is 6.39. The predicted octanol–water partition coefficient (Wildman–Crippen LogP) is 2.65. The Bertz CT molecular complexity index is 1030. The minimum Gasteiger partial charge on any atom is -0.493 e. The molecule has 29 heavy (non-hydrogen) atoms. The van der Waals surface area contributed by atoms with E-state index in [1.165, 1.54) is 14.2 Å². The number of rotatable bonds is 6. The SMILES string of the molecule is COc1ccc(NC(=O)C(=O)NCC(O)c2cccc3ccccc23)cc1OC. The molecule has 1 unspecified atom stereocenters. The van der Waals surface area contributed by atoms with Crippen molar-refractivity contribution in [3.63, 3.8) is 0 Å². The lowest BCUT2D eigenvalue weighted by atomic mass is 10.0. The van der Waals surface area contributed by atoms with Gasteiger partial charge in [0, 0.05) is 18.3 Å². The minimum atomic E-state index is -0.945. The molecule has 7 heteroatoms. The molecular formula is C22H22N2O5. The number of carbonyl (C=O) groups is 2. The number of aliphatic hydroxyl groups excluding tert-OH is 1. The molecule has 0 spiro atoms. The minimum absolute atomic E-state index is 0.0911. The van der Waals surface area contributed by atoms with Crippen molar-refractivity contribution in [2.24, 2.45) is 0 Å². The monoisotopic (exact) mass is 394 g/mol. The average molecular weight is 394 g/mol. The molecule has 2 amide bonds. The third-order valence-electron chi connectivity index (χ3n) is 4.49. The summed E-state index contributed by atoms with van der Waals surface area (Å²) in [7, 11) is 2.98. The number of aliphatic hydroxyl groups is 1. The molecule has 0 fully saturated rings. The van der Waals surface area contributed by atoms with E-state index in [1.807, 2.05) is 36.4 Å². The van der Waals surface area contributed by atoms with Crippen LogP contribution in [0, 0.1) is 0 Å². The zero-order valence-corrected chi connectivity index (χ0v) is 16.1. The van der Waals surface area contributed by atoms with Gasteiger partial charge in [-0.05, 0) is 28.5 Å². The highest BCUT2D eigenvalue weighted by Gasteiger charge is 2.18.